The molecule has 1 nitrogen and oxygen atoms in total. The maximum absolute atomic E-state index is 3.68. The van der Waals surface area contributed by atoms with Gasteiger partial charge in [-0.25, -0.2) is 0 Å². The van der Waals surface area contributed by atoms with Crippen LogP contribution in [-0.2, 0) is 11.8 Å². The standard InChI is InChI=1S/C19H22BrN/c1-19(2,3)13-7-9-14(10-8-13)21-18-12-11-15-16(18)5-4-6-17(15)20/h4-10,18,21H,11-12H2,1-3H3. The topological polar surface area (TPSA) is 12.0 Å². The van der Waals surface area contributed by atoms with Crippen LogP contribution in [0.1, 0.15) is 49.9 Å². The lowest BCUT2D eigenvalue weighted by Crippen LogP contribution is -2.11. The SMILES string of the molecule is CC(C)(C)c1ccc(NC2CCc3c(Br)cccc32)cc1. The Hall–Kier alpha value is -1.28. The zero-order valence-electron chi connectivity index (χ0n) is 12.9. The molecule has 2 heteroatoms. The minimum absolute atomic E-state index is 0.212. The van der Waals surface area contributed by atoms with Crippen LogP contribution in [0.2, 0.25) is 0 Å². The third-order valence-corrected chi connectivity index (χ3v) is 5.05. The normalized spacial score (nSPS) is 17.6. The summed E-state index contributed by atoms with van der Waals surface area (Å²) in [5, 5.41) is 3.68. The predicted octanol–water partition coefficient (Wildman–Crippen LogP) is 5.85. The number of halogens is 1. The van der Waals surface area contributed by atoms with Crippen molar-refractivity contribution in [2.45, 2.75) is 45.1 Å². The summed E-state index contributed by atoms with van der Waals surface area (Å²) in [5.74, 6) is 0. The van der Waals surface area contributed by atoms with Crippen LogP contribution < -0.4 is 5.32 Å². The van der Waals surface area contributed by atoms with E-state index in [4.69, 9.17) is 0 Å². The van der Waals surface area contributed by atoms with E-state index >= 15 is 0 Å². The molecule has 21 heavy (non-hydrogen) atoms. The van der Waals surface area contributed by atoms with Gasteiger partial charge in [0.25, 0.3) is 0 Å². The second kappa shape index (κ2) is 5.49. The van der Waals surface area contributed by atoms with Crippen LogP contribution in [0, 0.1) is 0 Å². The second-order valence-electron chi connectivity index (χ2n) is 6.87. The smallest absolute Gasteiger partial charge is 0.0520 e. The first kappa shape index (κ1) is 14.6. The summed E-state index contributed by atoms with van der Waals surface area (Å²) in [4.78, 5) is 0. The Bertz CT molecular complexity index is 638. The third kappa shape index (κ3) is 3.01. The molecule has 0 aromatic heterocycles. The van der Waals surface area contributed by atoms with E-state index in [0.29, 0.717) is 6.04 Å². The fourth-order valence-corrected chi connectivity index (χ4v) is 3.61. The highest BCUT2D eigenvalue weighted by Gasteiger charge is 2.23. The first-order chi connectivity index (χ1) is 9.95. The van der Waals surface area contributed by atoms with Crippen molar-refractivity contribution in [3.63, 3.8) is 0 Å². The van der Waals surface area contributed by atoms with Gasteiger partial charge in [0, 0.05) is 10.2 Å². The Morgan fingerprint density at radius 1 is 1.05 bits per heavy atom. The first-order valence-electron chi connectivity index (χ1n) is 7.59. The number of hydrogen-bond acceptors (Lipinski definition) is 1. The van der Waals surface area contributed by atoms with Crippen molar-refractivity contribution < 1.29 is 0 Å². The van der Waals surface area contributed by atoms with Gasteiger partial charge in [-0.1, -0.05) is 61.0 Å². The summed E-state index contributed by atoms with van der Waals surface area (Å²) in [6.45, 7) is 6.75. The van der Waals surface area contributed by atoms with Crippen LogP contribution in [0.4, 0.5) is 5.69 Å². The molecule has 0 spiro atoms. The highest BCUT2D eigenvalue weighted by atomic mass is 79.9. The molecule has 0 bridgehead atoms. The van der Waals surface area contributed by atoms with Crippen molar-refractivity contribution in [3.8, 4) is 0 Å². The van der Waals surface area contributed by atoms with E-state index in [0.717, 1.165) is 6.42 Å². The summed E-state index contributed by atoms with van der Waals surface area (Å²) >= 11 is 3.66. The molecular weight excluding hydrogens is 322 g/mol. The van der Waals surface area contributed by atoms with Crippen LogP contribution in [0.25, 0.3) is 0 Å². The minimum Gasteiger partial charge on any atom is -0.378 e. The van der Waals surface area contributed by atoms with E-state index in [9.17, 15) is 0 Å². The Balaban J connectivity index is 1.79. The van der Waals surface area contributed by atoms with Gasteiger partial charge in [-0.2, -0.15) is 0 Å². The highest BCUT2D eigenvalue weighted by molar-refractivity contribution is 9.10. The summed E-state index contributed by atoms with van der Waals surface area (Å²) in [6, 6.07) is 15.8. The Morgan fingerprint density at radius 3 is 2.43 bits per heavy atom. The van der Waals surface area contributed by atoms with Gasteiger partial charge in [0.15, 0.2) is 0 Å². The molecule has 0 radical (unpaired) electrons. The average Bonchev–Trinajstić information content (AvgIpc) is 2.83. The number of rotatable bonds is 2. The third-order valence-electron chi connectivity index (χ3n) is 4.31. The van der Waals surface area contributed by atoms with Crippen molar-refractivity contribution in [3.05, 3.63) is 63.6 Å². The molecule has 1 aliphatic rings. The lowest BCUT2D eigenvalue weighted by Gasteiger charge is -2.20. The Morgan fingerprint density at radius 2 is 1.76 bits per heavy atom. The summed E-state index contributed by atoms with van der Waals surface area (Å²) < 4.78 is 1.24. The zero-order chi connectivity index (χ0) is 15.0. The molecule has 0 heterocycles. The van der Waals surface area contributed by atoms with E-state index in [-0.39, 0.29) is 5.41 Å². The second-order valence-corrected chi connectivity index (χ2v) is 7.72. The lowest BCUT2D eigenvalue weighted by molar-refractivity contribution is 0.590. The zero-order valence-corrected chi connectivity index (χ0v) is 14.5. The molecular formula is C19H22BrN. The molecule has 1 N–H and O–H groups in total. The highest BCUT2D eigenvalue weighted by Crippen LogP contribution is 2.37. The van der Waals surface area contributed by atoms with Crippen molar-refractivity contribution in [2.75, 3.05) is 5.32 Å². The molecule has 1 unspecified atom stereocenters. The first-order valence-corrected chi connectivity index (χ1v) is 8.39. The quantitative estimate of drug-likeness (QED) is 0.721. The lowest BCUT2D eigenvalue weighted by atomic mass is 9.87. The number of benzene rings is 2. The van der Waals surface area contributed by atoms with Gasteiger partial charge in [0.1, 0.15) is 0 Å². The van der Waals surface area contributed by atoms with Gasteiger partial charge < -0.3 is 5.32 Å². The number of hydrogen-bond donors (Lipinski definition) is 1. The monoisotopic (exact) mass is 343 g/mol. The summed E-state index contributed by atoms with van der Waals surface area (Å²) in [6.07, 6.45) is 2.31. The molecule has 0 saturated carbocycles. The minimum atomic E-state index is 0.212. The van der Waals surface area contributed by atoms with E-state index in [2.05, 4.69) is 84.5 Å². The van der Waals surface area contributed by atoms with E-state index in [1.807, 2.05) is 0 Å². The molecule has 1 atom stereocenters. The van der Waals surface area contributed by atoms with E-state index in [1.54, 1.807) is 0 Å². The number of fused-ring (bicyclic) bond motifs is 1. The fraction of sp³-hybridized carbons (Fsp3) is 0.368. The van der Waals surface area contributed by atoms with Crippen LogP contribution in [0.3, 0.4) is 0 Å². The Labute approximate surface area is 135 Å². The van der Waals surface area contributed by atoms with Gasteiger partial charge in [0.2, 0.25) is 0 Å². The molecule has 0 fully saturated rings. The Kier molecular flexibility index (Phi) is 3.83. The predicted molar refractivity (Wildman–Crippen MR) is 94.0 cm³/mol. The molecule has 1 aliphatic carbocycles. The maximum atomic E-state index is 3.68. The maximum Gasteiger partial charge on any atom is 0.0520 e. The molecule has 2 aromatic rings. The fourth-order valence-electron chi connectivity index (χ4n) is 3.03. The van der Waals surface area contributed by atoms with Crippen molar-refractivity contribution in [1.82, 2.24) is 0 Å². The summed E-state index contributed by atoms with van der Waals surface area (Å²) in [7, 11) is 0. The molecule has 3 rings (SSSR count). The molecule has 0 aliphatic heterocycles. The van der Waals surface area contributed by atoms with Gasteiger partial charge in [-0.15, -0.1) is 0 Å². The van der Waals surface area contributed by atoms with Crippen molar-refractivity contribution in [2.24, 2.45) is 0 Å². The average molecular weight is 344 g/mol. The summed E-state index contributed by atoms with van der Waals surface area (Å²) in [5.41, 5.74) is 5.69. The van der Waals surface area contributed by atoms with E-state index < -0.39 is 0 Å². The molecule has 110 valence electrons. The molecule has 0 saturated heterocycles. The van der Waals surface area contributed by atoms with E-state index in [1.165, 1.54) is 33.3 Å². The van der Waals surface area contributed by atoms with Crippen LogP contribution >= 0.6 is 15.9 Å². The number of anilines is 1. The van der Waals surface area contributed by atoms with Gasteiger partial charge in [-0.05, 0) is 53.1 Å². The molecule has 0 amide bonds. The van der Waals surface area contributed by atoms with Crippen LogP contribution in [0.15, 0.2) is 46.9 Å². The largest absolute Gasteiger partial charge is 0.378 e. The van der Waals surface area contributed by atoms with Gasteiger partial charge in [-0.3, -0.25) is 0 Å². The van der Waals surface area contributed by atoms with Crippen LogP contribution in [0.5, 0.6) is 0 Å². The van der Waals surface area contributed by atoms with Gasteiger partial charge >= 0.3 is 0 Å². The van der Waals surface area contributed by atoms with Crippen LogP contribution in [-0.4, -0.2) is 0 Å². The van der Waals surface area contributed by atoms with Crippen molar-refractivity contribution >= 4 is 21.6 Å². The van der Waals surface area contributed by atoms with Crippen molar-refractivity contribution in [1.29, 1.82) is 0 Å². The van der Waals surface area contributed by atoms with Gasteiger partial charge in [0.05, 0.1) is 6.04 Å². The number of nitrogens with one attached hydrogen (secondary N) is 1. The molecule has 2 aromatic carbocycles.